The number of fused-ring (bicyclic) bond motifs is 1. The van der Waals surface area contributed by atoms with Gasteiger partial charge in [-0.15, -0.1) is 11.8 Å². The quantitative estimate of drug-likeness (QED) is 0.843. The van der Waals surface area contributed by atoms with Crippen LogP contribution in [0.1, 0.15) is 12.0 Å². The van der Waals surface area contributed by atoms with Gasteiger partial charge in [-0.1, -0.05) is 30.3 Å². The van der Waals surface area contributed by atoms with Crippen LogP contribution in [0.3, 0.4) is 0 Å². The minimum Gasteiger partial charge on any atom is -0.477 e. The minimum atomic E-state index is -1.01. The molecule has 18 heavy (non-hydrogen) atoms. The standard InChI is InChI=1S/C13H11NO3S/c15-10-7-11-14(10)12(13(16)17)9(18-11)6-8-4-2-1-3-5-8/h1-5,11H,6-7H2,(H,16,17). The lowest BCUT2D eigenvalue weighted by Gasteiger charge is -2.33. The first kappa shape index (κ1) is 11.3. The van der Waals surface area contributed by atoms with Crippen LogP contribution >= 0.6 is 11.8 Å². The first-order chi connectivity index (χ1) is 8.66. The molecule has 0 aliphatic carbocycles. The van der Waals surface area contributed by atoms with Gasteiger partial charge in [-0.05, 0) is 5.56 Å². The maximum absolute atomic E-state index is 11.4. The summed E-state index contributed by atoms with van der Waals surface area (Å²) in [7, 11) is 0. The number of hydrogen-bond acceptors (Lipinski definition) is 3. The Kier molecular flexibility index (Phi) is 2.63. The van der Waals surface area contributed by atoms with Crippen molar-refractivity contribution in [2.45, 2.75) is 18.2 Å². The van der Waals surface area contributed by atoms with Gasteiger partial charge in [0, 0.05) is 11.3 Å². The van der Waals surface area contributed by atoms with Crippen LogP contribution in [0.25, 0.3) is 0 Å². The number of carbonyl (C=O) groups is 2. The van der Waals surface area contributed by atoms with Crippen molar-refractivity contribution in [3.05, 3.63) is 46.5 Å². The molecule has 5 heteroatoms. The Labute approximate surface area is 108 Å². The van der Waals surface area contributed by atoms with Crippen LogP contribution in [0.5, 0.6) is 0 Å². The molecule has 0 radical (unpaired) electrons. The second-order valence-electron chi connectivity index (χ2n) is 4.28. The topological polar surface area (TPSA) is 57.6 Å². The van der Waals surface area contributed by atoms with Gasteiger partial charge in [-0.3, -0.25) is 9.69 Å². The van der Waals surface area contributed by atoms with Gasteiger partial charge < -0.3 is 5.11 Å². The van der Waals surface area contributed by atoms with Gasteiger partial charge in [0.25, 0.3) is 0 Å². The van der Waals surface area contributed by atoms with E-state index in [1.54, 1.807) is 0 Å². The monoisotopic (exact) mass is 261 g/mol. The van der Waals surface area contributed by atoms with Crippen molar-refractivity contribution >= 4 is 23.6 Å². The zero-order valence-corrected chi connectivity index (χ0v) is 10.3. The molecular formula is C13H11NO3S. The predicted octanol–water partition coefficient (Wildman–Crippen LogP) is 1.83. The van der Waals surface area contributed by atoms with Crippen LogP contribution in [0.2, 0.25) is 0 Å². The van der Waals surface area contributed by atoms with Crippen LogP contribution in [-0.4, -0.2) is 27.3 Å². The normalized spacial score (nSPS) is 21.9. The highest BCUT2D eigenvalue weighted by molar-refractivity contribution is 8.04. The molecule has 92 valence electrons. The number of carboxylic acids is 1. The first-order valence-electron chi connectivity index (χ1n) is 5.66. The number of carboxylic acid groups (broad SMARTS) is 1. The van der Waals surface area contributed by atoms with Crippen molar-refractivity contribution in [2.24, 2.45) is 0 Å². The highest BCUT2D eigenvalue weighted by Gasteiger charge is 2.48. The molecule has 1 aromatic carbocycles. The van der Waals surface area contributed by atoms with Gasteiger partial charge in [-0.2, -0.15) is 0 Å². The number of amides is 1. The van der Waals surface area contributed by atoms with Crippen LogP contribution in [-0.2, 0) is 16.0 Å². The molecule has 2 aliphatic heterocycles. The van der Waals surface area contributed by atoms with E-state index in [9.17, 15) is 14.7 Å². The molecule has 3 rings (SSSR count). The van der Waals surface area contributed by atoms with Crippen LogP contribution in [0.4, 0.5) is 0 Å². The summed E-state index contributed by atoms with van der Waals surface area (Å²) in [5.74, 6) is -1.10. The average Bonchev–Trinajstić information content (AvgIpc) is 2.63. The molecule has 1 saturated heterocycles. The Morgan fingerprint density at radius 3 is 2.72 bits per heavy atom. The Hall–Kier alpha value is -1.75. The number of allylic oxidation sites excluding steroid dienone is 1. The SMILES string of the molecule is O=C(O)C1=C(Cc2ccccc2)SC2CC(=O)N12. The third kappa shape index (κ3) is 1.71. The summed E-state index contributed by atoms with van der Waals surface area (Å²) in [6.45, 7) is 0. The number of hydrogen-bond donors (Lipinski definition) is 1. The first-order valence-corrected chi connectivity index (χ1v) is 6.54. The second-order valence-corrected chi connectivity index (χ2v) is 5.55. The van der Waals surface area contributed by atoms with Gasteiger partial charge in [0.2, 0.25) is 5.91 Å². The van der Waals surface area contributed by atoms with Crippen molar-refractivity contribution in [2.75, 3.05) is 0 Å². The van der Waals surface area contributed by atoms with E-state index in [2.05, 4.69) is 0 Å². The number of thioether (sulfide) groups is 1. The number of rotatable bonds is 3. The summed E-state index contributed by atoms with van der Waals surface area (Å²) >= 11 is 1.50. The molecule has 0 aromatic heterocycles. The van der Waals surface area contributed by atoms with Gasteiger partial charge in [0.15, 0.2) is 0 Å². The Balaban J connectivity index is 1.91. The molecule has 1 N–H and O–H groups in total. The van der Waals surface area contributed by atoms with E-state index in [0.29, 0.717) is 12.8 Å². The molecular weight excluding hydrogens is 250 g/mol. The third-order valence-electron chi connectivity index (χ3n) is 3.10. The zero-order chi connectivity index (χ0) is 12.7. The summed E-state index contributed by atoms with van der Waals surface area (Å²) in [6, 6.07) is 9.70. The van der Waals surface area contributed by atoms with Gasteiger partial charge in [-0.25, -0.2) is 4.79 Å². The van der Waals surface area contributed by atoms with E-state index >= 15 is 0 Å². The van der Waals surface area contributed by atoms with Crippen molar-refractivity contribution in [3.63, 3.8) is 0 Å². The van der Waals surface area contributed by atoms with Crippen molar-refractivity contribution in [1.29, 1.82) is 0 Å². The van der Waals surface area contributed by atoms with Gasteiger partial charge >= 0.3 is 5.97 Å². The van der Waals surface area contributed by atoms with E-state index in [0.717, 1.165) is 10.5 Å². The molecule has 2 heterocycles. The molecule has 1 aromatic rings. The number of carbonyl (C=O) groups excluding carboxylic acids is 1. The molecule has 1 amide bonds. The largest absolute Gasteiger partial charge is 0.477 e. The predicted molar refractivity (Wildman–Crippen MR) is 67.6 cm³/mol. The smallest absolute Gasteiger partial charge is 0.353 e. The maximum Gasteiger partial charge on any atom is 0.353 e. The van der Waals surface area contributed by atoms with Gasteiger partial charge in [0.05, 0.1) is 11.8 Å². The van der Waals surface area contributed by atoms with E-state index in [4.69, 9.17) is 0 Å². The summed E-state index contributed by atoms with van der Waals surface area (Å²) in [5.41, 5.74) is 1.24. The van der Waals surface area contributed by atoms with Crippen LogP contribution < -0.4 is 0 Å². The van der Waals surface area contributed by atoms with Gasteiger partial charge in [0.1, 0.15) is 5.70 Å². The average molecular weight is 261 g/mol. The van der Waals surface area contributed by atoms with Crippen molar-refractivity contribution in [1.82, 2.24) is 4.90 Å². The minimum absolute atomic E-state index is 0.00214. The van der Waals surface area contributed by atoms with E-state index < -0.39 is 5.97 Å². The van der Waals surface area contributed by atoms with E-state index in [-0.39, 0.29) is 17.0 Å². The maximum atomic E-state index is 11.4. The second kappa shape index (κ2) is 4.17. The zero-order valence-electron chi connectivity index (χ0n) is 9.50. The Morgan fingerprint density at radius 2 is 2.11 bits per heavy atom. The summed E-state index contributed by atoms with van der Waals surface area (Å²) < 4.78 is 0. The summed E-state index contributed by atoms with van der Waals surface area (Å²) in [4.78, 5) is 24.9. The Morgan fingerprint density at radius 1 is 1.39 bits per heavy atom. The fourth-order valence-corrected chi connectivity index (χ4v) is 3.66. The van der Waals surface area contributed by atoms with Crippen molar-refractivity contribution in [3.8, 4) is 0 Å². The third-order valence-corrected chi connectivity index (χ3v) is 4.37. The molecule has 0 spiro atoms. The van der Waals surface area contributed by atoms with E-state index in [1.165, 1.54) is 16.7 Å². The number of nitrogens with zero attached hydrogens (tertiary/aromatic N) is 1. The molecule has 4 nitrogen and oxygen atoms in total. The molecule has 0 bridgehead atoms. The van der Waals surface area contributed by atoms with E-state index in [1.807, 2.05) is 30.3 Å². The molecule has 1 fully saturated rings. The lowest BCUT2D eigenvalue weighted by atomic mass is 10.1. The number of β-lactam (4-membered cyclic amide) rings is 1. The highest BCUT2D eigenvalue weighted by Crippen LogP contribution is 2.47. The van der Waals surface area contributed by atoms with Crippen molar-refractivity contribution < 1.29 is 14.7 Å². The van der Waals surface area contributed by atoms with Crippen LogP contribution in [0.15, 0.2) is 40.9 Å². The lowest BCUT2D eigenvalue weighted by molar-refractivity contribution is -0.145. The molecule has 2 aliphatic rings. The highest BCUT2D eigenvalue weighted by atomic mass is 32.2. The molecule has 0 saturated carbocycles. The summed E-state index contributed by atoms with van der Waals surface area (Å²) in [6.07, 6.45) is 1.02. The molecule has 1 atom stereocenters. The van der Waals surface area contributed by atoms with Crippen LogP contribution in [0, 0.1) is 0 Å². The summed E-state index contributed by atoms with van der Waals surface area (Å²) in [5, 5.41) is 9.24. The fraction of sp³-hybridized carbons (Fsp3) is 0.231. The molecule has 1 unspecified atom stereocenters. The fourth-order valence-electron chi connectivity index (χ4n) is 2.23. The number of aliphatic carboxylic acids is 1. The number of benzene rings is 1. The Bertz CT molecular complexity index is 553. The lowest BCUT2D eigenvalue weighted by Crippen LogP contribution is -2.48.